The first kappa shape index (κ1) is 8.55. The molecule has 4 nitrogen and oxygen atoms in total. The molecule has 0 bridgehead atoms. The van der Waals surface area contributed by atoms with Gasteiger partial charge in [-0.15, -0.1) is 0 Å². The number of carbonyl (C=O) groups is 1. The van der Waals surface area contributed by atoms with Crippen molar-refractivity contribution in [3.05, 3.63) is 29.8 Å². The Kier molecular flexibility index (Phi) is 2.30. The lowest BCUT2D eigenvalue weighted by molar-refractivity contribution is -0.126. The third-order valence-electron chi connectivity index (χ3n) is 1.50. The van der Waals surface area contributed by atoms with Crippen molar-refractivity contribution in [2.75, 3.05) is 5.73 Å². The number of aliphatic hydroxyl groups is 1. The van der Waals surface area contributed by atoms with Crippen LogP contribution in [-0.2, 0) is 4.79 Å². The van der Waals surface area contributed by atoms with Crippen LogP contribution >= 0.6 is 0 Å². The van der Waals surface area contributed by atoms with E-state index < -0.39 is 12.0 Å². The second kappa shape index (κ2) is 3.23. The molecule has 0 spiro atoms. The summed E-state index contributed by atoms with van der Waals surface area (Å²) >= 11 is 0. The maximum Gasteiger partial charge on any atom is 0.250 e. The quantitative estimate of drug-likeness (QED) is 0.531. The molecule has 4 heteroatoms. The fraction of sp³-hybridized carbons (Fsp3) is 0.125. The fourth-order valence-corrected chi connectivity index (χ4v) is 0.893. The van der Waals surface area contributed by atoms with Crippen LogP contribution in [0.15, 0.2) is 24.3 Å². The van der Waals surface area contributed by atoms with Gasteiger partial charge in [-0.3, -0.25) is 4.79 Å². The van der Waals surface area contributed by atoms with Crippen molar-refractivity contribution in [1.82, 2.24) is 0 Å². The van der Waals surface area contributed by atoms with Crippen molar-refractivity contribution in [2.24, 2.45) is 5.73 Å². The highest BCUT2D eigenvalue weighted by Crippen LogP contribution is 2.14. The summed E-state index contributed by atoms with van der Waals surface area (Å²) in [4.78, 5) is 10.5. The van der Waals surface area contributed by atoms with Gasteiger partial charge in [-0.2, -0.15) is 0 Å². The number of hydrogen-bond acceptors (Lipinski definition) is 3. The van der Waals surface area contributed by atoms with Gasteiger partial charge in [0.1, 0.15) is 0 Å². The number of carbonyl (C=O) groups excluding carboxylic acids is 1. The van der Waals surface area contributed by atoms with E-state index in [1.165, 1.54) is 6.07 Å². The molecule has 1 amide bonds. The van der Waals surface area contributed by atoms with Crippen LogP contribution in [0.3, 0.4) is 0 Å². The molecule has 0 aliphatic carbocycles. The lowest BCUT2D eigenvalue weighted by atomic mass is 10.1. The molecule has 0 saturated carbocycles. The van der Waals surface area contributed by atoms with Gasteiger partial charge in [-0.05, 0) is 17.7 Å². The van der Waals surface area contributed by atoms with Gasteiger partial charge in [0.15, 0.2) is 6.10 Å². The smallest absolute Gasteiger partial charge is 0.250 e. The van der Waals surface area contributed by atoms with Crippen LogP contribution in [0.1, 0.15) is 11.7 Å². The van der Waals surface area contributed by atoms with E-state index in [4.69, 9.17) is 11.5 Å². The van der Waals surface area contributed by atoms with Gasteiger partial charge in [0.05, 0.1) is 0 Å². The molecule has 1 rings (SSSR count). The van der Waals surface area contributed by atoms with Crippen molar-refractivity contribution in [2.45, 2.75) is 6.10 Å². The van der Waals surface area contributed by atoms with E-state index in [1.54, 1.807) is 18.2 Å². The molecule has 1 aromatic rings. The third-order valence-corrected chi connectivity index (χ3v) is 1.50. The summed E-state index contributed by atoms with van der Waals surface area (Å²) in [5.74, 6) is -0.777. The largest absolute Gasteiger partial charge is 0.399 e. The zero-order valence-corrected chi connectivity index (χ0v) is 6.40. The average molecular weight is 166 g/mol. The van der Waals surface area contributed by atoms with Gasteiger partial charge in [0.2, 0.25) is 0 Å². The van der Waals surface area contributed by atoms with Gasteiger partial charge >= 0.3 is 0 Å². The molecule has 0 aliphatic heterocycles. The Morgan fingerprint density at radius 1 is 1.50 bits per heavy atom. The topological polar surface area (TPSA) is 89.3 Å². The molecule has 0 aliphatic rings. The highest BCUT2D eigenvalue weighted by atomic mass is 16.3. The predicted octanol–water partition coefficient (Wildman–Crippen LogP) is -0.213. The number of primary amides is 1. The van der Waals surface area contributed by atoms with Crippen LogP contribution in [0, 0.1) is 0 Å². The van der Waals surface area contributed by atoms with Crippen LogP contribution < -0.4 is 11.5 Å². The number of amides is 1. The van der Waals surface area contributed by atoms with Gasteiger partial charge in [0, 0.05) is 5.69 Å². The van der Waals surface area contributed by atoms with Gasteiger partial charge in [-0.25, -0.2) is 0 Å². The first-order chi connectivity index (χ1) is 5.61. The van der Waals surface area contributed by atoms with E-state index in [0.717, 1.165) is 0 Å². The first-order valence-corrected chi connectivity index (χ1v) is 3.44. The van der Waals surface area contributed by atoms with Crippen molar-refractivity contribution in [3.8, 4) is 0 Å². The Labute approximate surface area is 69.8 Å². The van der Waals surface area contributed by atoms with E-state index >= 15 is 0 Å². The fourth-order valence-electron chi connectivity index (χ4n) is 0.893. The van der Waals surface area contributed by atoms with E-state index in [2.05, 4.69) is 0 Å². The molecule has 0 saturated heterocycles. The summed E-state index contributed by atoms with van der Waals surface area (Å²) in [6.45, 7) is 0. The molecule has 1 atom stereocenters. The maximum absolute atomic E-state index is 10.5. The van der Waals surface area contributed by atoms with Crippen LogP contribution in [0.5, 0.6) is 0 Å². The molecule has 5 N–H and O–H groups in total. The normalized spacial score (nSPS) is 12.4. The summed E-state index contributed by atoms with van der Waals surface area (Å²) in [6.07, 6.45) is -1.27. The predicted molar refractivity (Wildman–Crippen MR) is 45.0 cm³/mol. The summed E-state index contributed by atoms with van der Waals surface area (Å²) in [5.41, 5.74) is 11.2. The SMILES string of the molecule is NC(=O)[C@H](O)c1cccc(N)c1. The molecule has 0 aromatic heterocycles. The third kappa shape index (κ3) is 1.73. The molecule has 0 unspecified atom stereocenters. The molecule has 0 heterocycles. The summed E-state index contributed by atoms with van der Waals surface area (Å²) in [7, 11) is 0. The van der Waals surface area contributed by atoms with Crippen molar-refractivity contribution in [1.29, 1.82) is 0 Å². The molecule has 0 fully saturated rings. The number of rotatable bonds is 2. The van der Waals surface area contributed by atoms with Gasteiger partial charge in [0.25, 0.3) is 5.91 Å². The Morgan fingerprint density at radius 2 is 2.17 bits per heavy atom. The second-order valence-corrected chi connectivity index (χ2v) is 2.48. The Bertz CT molecular complexity index is 299. The number of anilines is 1. The van der Waals surface area contributed by atoms with Crippen LogP contribution in [0.4, 0.5) is 5.69 Å². The molecule has 64 valence electrons. The molecule has 0 radical (unpaired) electrons. The van der Waals surface area contributed by atoms with Crippen molar-refractivity contribution in [3.63, 3.8) is 0 Å². The van der Waals surface area contributed by atoms with Crippen LogP contribution in [-0.4, -0.2) is 11.0 Å². The van der Waals surface area contributed by atoms with Crippen LogP contribution in [0.2, 0.25) is 0 Å². The zero-order valence-electron chi connectivity index (χ0n) is 6.40. The lowest BCUT2D eigenvalue weighted by Gasteiger charge is -2.06. The summed E-state index contributed by atoms with van der Waals surface area (Å²) in [5, 5.41) is 9.19. The highest BCUT2D eigenvalue weighted by Gasteiger charge is 2.12. The van der Waals surface area contributed by atoms with Crippen LogP contribution in [0.25, 0.3) is 0 Å². The monoisotopic (exact) mass is 166 g/mol. The highest BCUT2D eigenvalue weighted by molar-refractivity contribution is 5.80. The number of nitrogens with two attached hydrogens (primary N) is 2. The van der Waals surface area contributed by atoms with Gasteiger partial charge in [-0.1, -0.05) is 12.1 Å². The first-order valence-electron chi connectivity index (χ1n) is 3.44. The number of hydrogen-bond donors (Lipinski definition) is 3. The van der Waals surface area contributed by atoms with E-state index in [0.29, 0.717) is 11.3 Å². The maximum atomic E-state index is 10.5. The number of benzene rings is 1. The minimum atomic E-state index is -1.27. The molecule has 1 aromatic carbocycles. The lowest BCUT2D eigenvalue weighted by Crippen LogP contribution is -2.20. The minimum Gasteiger partial charge on any atom is -0.399 e. The Morgan fingerprint density at radius 3 is 2.67 bits per heavy atom. The number of nitrogen functional groups attached to an aromatic ring is 1. The van der Waals surface area contributed by atoms with Gasteiger partial charge < -0.3 is 16.6 Å². The van der Waals surface area contributed by atoms with E-state index in [9.17, 15) is 9.90 Å². The minimum absolute atomic E-state index is 0.419. The zero-order chi connectivity index (χ0) is 9.14. The Balaban J connectivity index is 2.95. The van der Waals surface area contributed by atoms with Crippen molar-refractivity contribution < 1.29 is 9.90 Å². The van der Waals surface area contributed by atoms with E-state index in [1.807, 2.05) is 0 Å². The second-order valence-electron chi connectivity index (χ2n) is 2.48. The van der Waals surface area contributed by atoms with Crippen molar-refractivity contribution >= 4 is 11.6 Å². The molecule has 12 heavy (non-hydrogen) atoms. The molecular weight excluding hydrogens is 156 g/mol. The standard InChI is InChI=1S/C8H10N2O2/c9-6-3-1-2-5(4-6)7(11)8(10)12/h1-4,7,11H,9H2,(H2,10,12)/t7-/m1/s1. The average Bonchev–Trinajstić information content (AvgIpc) is 2.03. The summed E-state index contributed by atoms with van der Waals surface area (Å²) in [6, 6.07) is 6.41. The molecular formula is C8H10N2O2. The summed E-state index contributed by atoms with van der Waals surface area (Å²) < 4.78 is 0. The Hall–Kier alpha value is -1.55. The van der Waals surface area contributed by atoms with E-state index in [-0.39, 0.29) is 0 Å². The number of aliphatic hydroxyl groups excluding tert-OH is 1.